The van der Waals surface area contributed by atoms with E-state index in [2.05, 4.69) is 25.9 Å². The molecule has 1 amide bonds. The Labute approximate surface area is 176 Å². The summed E-state index contributed by atoms with van der Waals surface area (Å²) in [7, 11) is 1.58. The Morgan fingerprint density at radius 3 is 2.53 bits per heavy atom. The van der Waals surface area contributed by atoms with Gasteiger partial charge in [-0.05, 0) is 24.6 Å². The van der Waals surface area contributed by atoms with Crippen molar-refractivity contribution >= 4 is 23.2 Å². The predicted molar refractivity (Wildman–Crippen MR) is 110 cm³/mol. The number of ether oxygens (including phenoxy) is 1. The minimum Gasteiger partial charge on any atom is -0.497 e. The molecule has 1 aromatic heterocycles. The summed E-state index contributed by atoms with van der Waals surface area (Å²) in [5.41, 5.74) is 0.0523. The van der Waals surface area contributed by atoms with Crippen molar-refractivity contribution in [3.8, 4) is 5.75 Å². The van der Waals surface area contributed by atoms with E-state index in [0.717, 1.165) is 28.0 Å². The van der Waals surface area contributed by atoms with E-state index in [0.29, 0.717) is 37.0 Å². The quantitative estimate of drug-likeness (QED) is 0.410. The van der Waals surface area contributed by atoms with Gasteiger partial charge in [0.25, 0.3) is 0 Å². The first-order valence-electron chi connectivity index (χ1n) is 9.25. The molecule has 0 aliphatic heterocycles. The molecule has 3 N–H and O–H groups in total. The van der Waals surface area contributed by atoms with Crippen LogP contribution in [0.4, 0.5) is 13.2 Å². The lowest BCUT2D eigenvalue weighted by Gasteiger charge is -2.11. The first-order valence-corrected chi connectivity index (χ1v) is 10.1. The Bertz CT molecular complexity index is 837. The highest BCUT2D eigenvalue weighted by molar-refractivity contribution is 7.09. The summed E-state index contributed by atoms with van der Waals surface area (Å²) in [4.78, 5) is 19.8. The Morgan fingerprint density at radius 2 is 1.93 bits per heavy atom. The molecule has 0 spiro atoms. The summed E-state index contributed by atoms with van der Waals surface area (Å²) in [6, 6.07) is 7.34. The van der Waals surface area contributed by atoms with Gasteiger partial charge in [-0.3, -0.25) is 4.79 Å². The summed E-state index contributed by atoms with van der Waals surface area (Å²) in [6.45, 7) is 3.07. The monoisotopic (exact) mass is 443 g/mol. The Kier molecular flexibility index (Phi) is 8.90. The van der Waals surface area contributed by atoms with Gasteiger partial charge in [0, 0.05) is 31.4 Å². The largest absolute Gasteiger partial charge is 0.497 e. The Morgan fingerprint density at radius 1 is 1.20 bits per heavy atom. The van der Waals surface area contributed by atoms with E-state index in [4.69, 9.17) is 4.74 Å². The van der Waals surface area contributed by atoms with Crippen LogP contribution < -0.4 is 20.7 Å². The molecule has 2 aromatic rings. The molecule has 2 rings (SSSR count). The van der Waals surface area contributed by atoms with Gasteiger partial charge in [0.05, 0.1) is 12.1 Å². The van der Waals surface area contributed by atoms with Gasteiger partial charge < -0.3 is 20.7 Å². The number of nitrogens with one attached hydrogen (secondary N) is 3. The molecule has 11 heteroatoms. The first kappa shape index (κ1) is 23.5. The molecule has 0 saturated heterocycles. The van der Waals surface area contributed by atoms with Gasteiger partial charge >= 0.3 is 6.18 Å². The van der Waals surface area contributed by atoms with Crippen molar-refractivity contribution in [3.05, 3.63) is 45.9 Å². The zero-order valence-electron chi connectivity index (χ0n) is 16.7. The second kappa shape index (κ2) is 11.4. The molecule has 164 valence electrons. The number of rotatable bonds is 9. The van der Waals surface area contributed by atoms with Crippen molar-refractivity contribution in [3.63, 3.8) is 0 Å². The fourth-order valence-electron chi connectivity index (χ4n) is 2.34. The number of benzene rings is 1. The molecule has 0 fully saturated rings. The molecular weight excluding hydrogens is 419 g/mol. The van der Waals surface area contributed by atoms with Gasteiger partial charge in [-0.2, -0.15) is 13.2 Å². The number of methoxy groups -OCH3 is 1. The number of aliphatic imine (C=N–C) groups is 1. The van der Waals surface area contributed by atoms with Crippen molar-refractivity contribution in [1.29, 1.82) is 0 Å². The highest BCUT2D eigenvalue weighted by Gasteiger charge is 2.33. The molecule has 30 heavy (non-hydrogen) atoms. The van der Waals surface area contributed by atoms with Crippen molar-refractivity contribution in [2.75, 3.05) is 26.7 Å². The van der Waals surface area contributed by atoms with Crippen molar-refractivity contribution in [1.82, 2.24) is 20.9 Å². The average Bonchev–Trinajstić information content (AvgIpc) is 3.20. The maximum absolute atomic E-state index is 12.6. The minimum absolute atomic E-state index is 0.0824. The van der Waals surface area contributed by atoms with Crippen molar-refractivity contribution in [2.45, 2.75) is 26.1 Å². The van der Waals surface area contributed by atoms with Crippen LogP contribution in [0, 0.1) is 0 Å². The van der Waals surface area contributed by atoms with Crippen molar-refractivity contribution in [2.24, 2.45) is 4.99 Å². The maximum atomic E-state index is 12.6. The standard InChI is InChI=1S/C19H24F3N5O2S/c1-3-23-18(24-9-8-17-27-15(12-30-17)19(20,21)22)26-11-16(28)25-10-13-4-6-14(29-2)7-5-13/h4-7,12H,3,8-11H2,1-2H3,(H,25,28)(H2,23,24,26). The number of aromatic nitrogens is 1. The smallest absolute Gasteiger partial charge is 0.434 e. The number of hydrogen-bond donors (Lipinski definition) is 3. The lowest BCUT2D eigenvalue weighted by Crippen LogP contribution is -2.39. The molecule has 7 nitrogen and oxygen atoms in total. The van der Waals surface area contributed by atoms with E-state index in [1.54, 1.807) is 7.11 Å². The molecule has 0 bridgehead atoms. The van der Waals surface area contributed by atoms with Crippen LogP contribution >= 0.6 is 11.3 Å². The Hall–Kier alpha value is -2.82. The molecule has 0 atom stereocenters. The minimum atomic E-state index is -4.43. The molecule has 1 heterocycles. The topological polar surface area (TPSA) is 87.6 Å². The van der Waals surface area contributed by atoms with E-state index in [-0.39, 0.29) is 12.5 Å². The zero-order chi connectivity index (χ0) is 22.0. The maximum Gasteiger partial charge on any atom is 0.434 e. The SMILES string of the molecule is CCNC(=NCC(=O)NCc1ccc(OC)cc1)NCCc1nc(C(F)(F)F)cs1. The molecule has 0 aliphatic carbocycles. The van der Waals surface area contributed by atoms with Crippen LogP contribution in [0.2, 0.25) is 0 Å². The molecule has 1 aromatic carbocycles. The third kappa shape index (κ3) is 7.90. The van der Waals surface area contributed by atoms with E-state index in [1.807, 2.05) is 31.2 Å². The predicted octanol–water partition coefficient (Wildman–Crippen LogP) is 2.58. The number of carbonyl (C=O) groups excluding carboxylic acids is 1. The van der Waals surface area contributed by atoms with Crippen LogP contribution in [0.1, 0.15) is 23.2 Å². The van der Waals surface area contributed by atoms with Crippen LogP contribution in [0.3, 0.4) is 0 Å². The molecule has 0 unspecified atom stereocenters. The summed E-state index contributed by atoms with van der Waals surface area (Å²) >= 11 is 0.963. The molecule has 0 radical (unpaired) electrons. The van der Waals surface area contributed by atoms with E-state index in [9.17, 15) is 18.0 Å². The number of thiazole rings is 1. The normalized spacial score (nSPS) is 11.8. The van der Waals surface area contributed by atoms with E-state index in [1.165, 1.54) is 0 Å². The molecule has 0 aliphatic rings. The number of guanidine groups is 1. The van der Waals surface area contributed by atoms with Crippen LogP contribution in [0.25, 0.3) is 0 Å². The third-order valence-electron chi connectivity index (χ3n) is 3.85. The van der Waals surface area contributed by atoms with Gasteiger partial charge in [0.2, 0.25) is 5.91 Å². The number of nitrogens with zero attached hydrogens (tertiary/aromatic N) is 2. The highest BCUT2D eigenvalue weighted by atomic mass is 32.1. The number of amides is 1. The first-order chi connectivity index (χ1) is 14.3. The summed E-state index contributed by atoms with van der Waals surface area (Å²) in [6.07, 6.45) is -4.12. The fourth-order valence-corrected chi connectivity index (χ4v) is 3.14. The number of alkyl halides is 3. The number of hydrogen-bond acceptors (Lipinski definition) is 5. The second-order valence-corrected chi connectivity index (χ2v) is 7.06. The van der Waals surface area contributed by atoms with Gasteiger partial charge in [-0.25, -0.2) is 9.98 Å². The zero-order valence-corrected chi connectivity index (χ0v) is 17.5. The van der Waals surface area contributed by atoms with E-state index >= 15 is 0 Å². The van der Waals surface area contributed by atoms with Gasteiger partial charge in [0.1, 0.15) is 12.3 Å². The fraction of sp³-hybridized carbons (Fsp3) is 0.421. The number of halogens is 3. The molecule has 0 saturated carbocycles. The van der Waals surface area contributed by atoms with Crippen LogP contribution in [-0.4, -0.2) is 43.6 Å². The van der Waals surface area contributed by atoms with Crippen LogP contribution in [-0.2, 0) is 23.9 Å². The molecular formula is C19H24F3N5O2S. The van der Waals surface area contributed by atoms with Crippen LogP contribution in [0.15, 0.2) is 34.6 Å². The summed E-state index contributed by atoms with van der Waals surface area (Å²) < 4.78 is 42.9. The van der Waals surface area contributed by atoms with E-state index < -0.39 is 11.9 Å². The van der Waals surface area contributed by atoms with Gasteiger partial charge in [0.15, 0.2) is 11.7 Å². The lowest BCUT2D eigenvalue weighted by atomic mass is 10.2. The van der Waals surface area contributed by atoms with Crippen LogP contribution in [0.5, 0.6) is 5.75 Å². The average molecular weight is 443 g/mol. The Balaban J connectivity index is 1.78. The number of carbonyl (C=O) groups is 1. The lowest BCUT2D eigenvalue weighted by molar-refractivity contribution is -0.140. The summed E-state index contributed by atoms with van der Waals surface area (Å²) in [5.74, 6) is 0.894. The second-order valence-electron chi connectivity index (χ2n) is 6.12. The highest BCUT2D eigenvalue weighted by Crippen LogP contribution is 2.29. The van der Waals surface area contributed by atoms with Gasteiger partial charge in [-0.1, -0.05) is 12.1 Å². The van der Waals surface area contributed by atoms with Crippen molar-refractivity contribution < 1.29 is 22.7 Å². The summed E-state index contributed by atoms with van der Waals surface area (Å²) in [5, 5.41) is 10.1. The van der Waals surface area contributed by atoms with Gasteiger partial charge in [-0.15, -0.1) is 11.3 Å². The third-order valence-corrected chi connectivity index (χ3v) is 4.76.